The second-order valence-electron chi connectivity index (χ2n) is 4.93. The summed E-state index contributed by atoms with van der Waals surface area (Å²) in [5, 5.41) is 11.5. The molecule has 3 nitrogen and oxygen atoms in total. The maximum Gasteiger partial charge on any atom is 0.225 e. The van der Waals surface area contributed by atoms with Gasteiger partial charge in [-0.3, -0.25) is 4.79 Å². The number of rotatable bonds is 3. The Morgan fingerprint density at radius 3 is 2.72 bits per heavy atom. The minimum atomic E-state index is -0.201. The molecule has 0 aliphatic heterocycles. The van der Waals surface area contributed by atoms with Crippen LogP contribution in [-0.2, 0) is 11.3 Å². The van der Waals surface area contributed by atoms with Crippen molar-refractivity contribution in [2.45, 2.75) is 38.3 Å². The number of halogens is 1. The topological polar surface area (TPSA) is 40.5 Å². The lowest BCUT2D eigenvalue weighted by Crippen LogP contribution is -2.35. The Morgan fingerprint density at radius 2 is 2.17 bits per heavy atom. The molecule has 1 heterocycles. The fourth-order valence-corrected chi connectivity index (χ4v) is 3.89. The molecule has 1 aliphatic rings. The molecule has 100 valence electrons. The Labute approximate surface area is 120 Å². The molecule has 0 bridgehead atoms. The van der Waals surface area contributed by atoms with E-state index in [-0.39, 0.29) is 17.9 Å². The number of carbonyl (C=O) groups is 1. The first-order valence-electron chi connectivity index (χ1n) is 6.22. The Balaban J connectivity index is 1.88. The molecule has 1 aliphatic carbocycles. The quantitative estimate of drug-likeness (QED) is 0.924. The Kier molecular flexibility index (Phi) is 4.81. The third-order valence-electron chi connectivity index (χ3n) is 3.44. The highest BCUT2D eigenvalue weighted by molar-refractivity contribution is 9.10. The summed E-state index contributed by atoms with van der Waals surface area (Å²) < 4.78 is 1.07. The van der Waals surface area contributed by atoms with Gasteiger partial charge in [-0.1, -0.05) is 0 Å². The number of hydrogen-bond donors (Lipinski definition) is 1. The van der Waals surface area contributed by atoms with Crippen LogP contribution in [0.1, 0.15) is 30.6 Å². The molecular formula is C13H18BrNO2S. The largest absolute Gasteiger partial charge is 0.393 e. The Morgan fingerprint density at radius 1 is 1.50 bits per heavy atom. The molecule has 0 radical (unpaired) electrons. The standard InChI is InChI=1S/C13H18BrNO2S/c1-15(7-12-6-10(14)8-18-12)13(17)9-2-4-11(16)5-3-9/h6,8-9,11,16H,2-5,7H2,1H3. The van der Waals surface area contributed by atoms with E-state index in [0.29, 0.717) is 6.54 Å². The van der Waals surface area contributed by atoms with Crippen molar-refractivity contribution in [1.29, 1.82) is 0 Å². The number of aliphatic hydroxyl groups excluding tert-OH is 1. The number of nitrogens with zero attached hydrogens (tertiary/aromatic N) is 1. The fourth-order valence-electron chi connectivity index (χ4n) is 2.38. The number of hydrogen-bond acceptors (Lipinski definition) is 3. The molecule has 18 heavy (non-hydrogen) atoms. The zero-order valence-electron chi connectivity index (χ0n) is 10.4. The second kappa shape index (κ2) is 6.17. The van der Waals surface area contributed by atoms with Crippen molar-refractivity contribution in [1.82, 2.24) is 4.90 Å². The van der Waals surface area contributed by atoms with Gasteiger partial charge in [0.05, 0.1) is 12.6 Å². The van der Waals surface area contributed by atoms with Crippen LogP contribution in [-0.4, -0.2) is 29.1 Å². The van der Waals surface area contributed by atoms with E-state index in [2.05, 4.69) is 22.0 Å². The van der Waals surface area contributed by atoms with E-state index < -0.39 is 0 Å². The van der Waals surface area contributed by atoms with Gasteiger partial charge in [0, 0.05) is 27.7 Å². The van der Waals surface area contributed by atoms with E-state index in [1.807, 2.05) is 12.4 Å². The highest BCUT2D eigenvalue weighted by atomic mass is 79.9. The molecule has 1 amide bonds. The minimum Gasteiger partial charge on any atom is -0.393 e. The first-order valence-corrected chi connectivity index (χ1v) is 7.89. The highest BCUT2D eigenvalue weighted by Crippen LogP contribution is 2.27. The summed E-state index contributed by atoms with van der Waals surface area (Å²) in [5.41, 5.74) is 0. The first-order chi connectivity index (χ1) is 8.56. The van der Waals surface area contributed by atoms with Crippen LogP contribution in [0.25, 0.3) is 0 Å². The summed E-state index contributed by atoms with van der Waals surface area (Å²) >= 11 is 5.08. The van der Waals surface area contributed by atoms with E-state index in [9.17, 15) is 9.90 Å². The van der Waals surface area contributed by atoms with Crippen LogP contribution in [0.3, 0.4) is 0 Å². The summed E-state index contributed by atoms with van der Waals surface area (Å²) in [7, 11) is 1.86. The van der Waals surface area contributed by atoms with Gasteiger partial charge in [-0.05, 0) is 47.7 Å². The average molecular weight is 332 g/mol. The highest BCUT2D eigenvalue weighted by Gasteiger charge is 2.27. The van der Waals surface area contributed by atoms with Crippen LogP contribution >= 0.6 is 27.3 Å². The zero-order chi connectivity index (χ0) is 13.1. The third kappa shape index (κ3) is 3.56. The van der Waals surface area contributed by atoms with Crippen LogP contribution < -0.4 is 0 Å². The van der Waals surface area contributed by atoms with Crippen molar-refractivity contribution in [2.24, 2.45) is 5.92 Å². The average Bonchev–Trinajstić information content (AvgIpc) is 2.75. The smallest absolute Gasteiger partial charge is 0.225 e. The van der Waals surface area contributed by atoms with Gasteiger partial charge in [-0.25, -0.2) is 0 Å². The van der Waals surface area contributed by atoms with Gasteiger partial charge in [-0.15, -0.1) is 11.3 Å². The normalized spacial score (nSPS) is 23.9. The van der Waals surface area contributed by atoms with Crippen LogP contribution in [0.2, 0.25) is 0 Å². The molecule has 1 N–H and O–H groups in total. The van der Waals surface area contributed by atoms with Crippen molar-refractivity contribution in [3.63, 3.8) is 0 Å². The summed E-state index contributed by atoms with van der Waals surface area (Å²) in [6, 6.07) is 2.05. The van der Waals surface area contributed by atoms with E-state index in [1.165, 1.54) is 4.88 Å². The molecule has 1 aromatic heterocycles. The van der Waals surface area contributed by atoms with Gasteiger partial charge in [-0.2, -0.15) is 0 Å². The van der Waals surface area contributed by atoms with Crippen LogP contribution in [0.4, 0.5) is 0 Å². The molecule has 0 atom stereocenters. The lowest BCUT2D eigenvalue weighted by molar-refractivity contribution is -0.136. The number of thiophene rings is 1. The SMILES string of the molecule is CN(Cc1cc(Br)cs1)C(=O)C1CCC(O)CC1. The molecule has 0 unspecified atom stereocenters. The van der Waals surface area contributed by atoms with Crippen molar-refractivity contribution < 1.29 is 9.90 Å². The molecule has 0 spiro atoms. The zero-order valence-corrected chi connectivity index (χ0v) is 12.8. The van der Waals surface area contributed by atoms with Gasteiger partial charge in [0.15, 0.2) is 0 Å². The summed E-state index contributed by atoms with van der Waals surface area (Å²) in [6.45, 7) is 0.675. The molecular weight excluding hydrogens is 314 g/mol. The van der Waals surface area contributed by atoms with Crippen LogP contribution in [0.5, 0.6) is 0 Å². The summed E-state index contributed by atoms with van der Waals surface area (Å²) in [6.07, 6.45) is 2.95. The molecule has 1 saturated carbocycles. The van der Waals surface area contributed by atoms with Gasteiger partial charge >= 0.3 is 0 Å². The van der Waals surface area contributed by atoms with Gasteiger partial charge in [0.25, 0.3) is 0 Å². The molecule has 0 saturated heterocycles. The lowest BCUT2D eigenvalue weighted by Gasteiger charge is -2.28. The lowest BCUT2D eigenvalue weighted by atomic mass is 9.86. The fraction of sp³-hybridized carbons (Fsp3) is 0.615. The second-order valence-corrected chi connectivity index (χ2v) is 6.84. The predicted octanol–water partition coefficient (Wildman–Crippen LogP) is 3.02. The molecule has 2 rings (SSSR count). The van der Waals surface area contributed by atoms with Crippen LogP contribution in [0.15, 0.2) is 15.9 Å². The minimum absolute atomic E-state index is 0.0989. The predicted molar refractivity (Wildman–Crippen MR) is 76.5 cm³/mol. The van der Waals surface area contributed by atoms with Gasteiger partial charge in [0.2, 0.25) is 5.91 Å². The summed E-state index contributed by atoms with van der Waals surface area (Å²) in [4.78, 5) is 15.2. The molecule has 5 heteroatoms. The van der Waals surface area contributed by atoms with E-state index in [4.69, 9.17) is 0 Å². The van der Waals surface area contributed by atoms with E-state index in [1.54, 1.807) is 16.2 Å². The maximum atomic E-state index is 12.3. The van der Waals surface area contributed by atoms with Gasteiger partial charge < -0.3 is 10.0 Å². The first kappa shape index (κ1) is 14.0. The molecule has 0 aromatic carbocycles. The molecule has 1 fully saturated rings. The van der Waals surface area contributed by atoms with Crippen molar-refractivity contribution in [3.8, 4) is 0 Å². The number of carbonyl (C=O) groups excluding carboxylic acids is 1. The number of amides is 1. The van der Waals surface area contributed by atoms with Crippen molar-refractivity contribution in [2.75, 3.05) is 7.05 Å². The van der Waals surface area contributed by atoms with Crippen molar-refractivity contribution >= 4 is 33.2 Å². The van der Waals surface area contributed by atoms with Gasteiger partial charge in [0.1, 0.15) is 0 Å². The van der Waals surface area contributed by atoms with E-state index in [0.717, 1.165) is 30.2 Å². The third-order valence-corrected chi connectivity index (χ3v) is 5.12. The monoisotopic (exact) mass is 331 g/mol. The Hall–Kier alpha value is -0.390. The number of aliphatic hydroxyl groups is 1. The van der Waals surface area contributed by atoms with E-state index >= 15 is 0 Å². The molecule has 1 aromatic rings. The van der Waals surface area contributed by atoms with Crippen molar-refractivity contribution in [3.05, 3.63) is 20.8 Å². The Bertz CT molecular complexity index is 413. The summed E-state index contributed by atoms with van der Waals surface area (Å²) in [5.74, 6) is 0.313. The van der Waals surface area contributed by atoms with Crippen LogP contribution in [0, 0.1) is 5.92 Å². The maximum absolute atomic E-state index is 12.3.